The number of hydrogen-bond acceptors (Lipinski definition) is 2. The van der Waals surface area contributed by atoms with Gasteiger partial charge in [-0.25, -0.2) is 4.99 Å². The summed E-state index contributed by atoms with van der Waals surface area (Å²) < 4.78 is 0. The van der Waals surface area contributed by atoms with Crippen LogP contribution in [0.15, 0.2) is 28.3 Å². The summed E-state index contributed by atoms with van der Waals surface area (Å²) in [6.07, 6.45) is 3.72. The van der Waals surface area contributed by atoms with Crippen molar-refractivity contribution in [2.45, 2.75) is 18.7 Å². The maximum Gasteiger partial charge on any atom is 0.0940 e. The average Bonchev–Trinajstić information content (AvgIpc) is 2.48. The third-order valence-electron chi connectivity index (χ3n) is 1.99. The van der Waals surface area contributed by atoms with Gasteiger partial charge in [-0.3, -0.25) is 4.98 Å². The van der Waals surface area contributed by atoms with Crippen LogP contribution in [-0.4, -0.2) is 16.3 Å². The van der Waals surface area contributed by atoms with Crippen molar-refractivity contribution in [2.75, 3.05) is 5.75 Å². The van der Waals surface area contributed by atoms with E-state index in [4.69, 9.17) is 0 Å². The largest absolute Gasteiger partial charge is 0.262 e. The normalized spacial score (nSPS) is 22.2. The van der Waals surface area contributed by atoms with Gasteiger partial charge in [0.1, 0.15) is 0 Å². The minimum Gasteiger partial charge on any atom is -0.262 e. The summed E-state index contributed by atoms with van der Waals surface area (Å²) in [6.45, 7) is 4.52. The van der Waals surface area contributed by atoms with Crippen LogP contribution in [0.5, 0.6) is 0 Å². The van der Waals surface area contributed by atoms with E-state index in [-0.39, 0.29) is 10.9 Å². The molecule has 1 aliphatic heterocycles. The van der Waals surface area contributed by atoms with Crippen LogP contribution in [0.1, 0.15) is 13.8 Å². The van der Waals surface area contributed by atoms with E-state index in [0.717, 1.165) is 11.6 Å². The number of aliphatic imine (C=N–C) groups is 1. The Morgan fingerprint density at radius 1 is 1.46 bits per heavy atom. The van der Waals surface area contributed by atoms with Gasteiger partial charge in [-0.2, -0.15) is 10.9 Å². The third-order valence-corrected chi connectivity index (χ3v) is 4.50. The molecular formula is C10H14N2S. The molecule has 0 amide bonds. The molecule has 13 heavy (non-hydrogen) atoms. The minimum atomic E-state index is -0.132. The SMILES string of the molecule is CC(C)C[SH]1C=Nc2cnccc21. The van der Waals surface area contributed by atoms with Crippen LogP contribution in [-0.2, 0) is 0 Å². The lowest BCUT2D eigenvalue weighted by molar-refractivity contribution is 0.749. The van der Waals surface area contributed by atoms with Gasteiger partial charge in [-0.15, -0.1) is 0 Å². The fourth-order valence-corrected chi connectivity index (χ4v) is 3.59. The molecule has 0 aliphatic carbocycles. The summed E-state index contributed by atoms with van der Waals surface area (Å²) in [7, 11) is -0.132. The number of hydrogen-bond donors (Lipinski definition) is 1. The topological polar surface area (TPSA) is 25.2 Å². The monoisotopic (exact) mass is 194 g/mol. The predicted molar refractivity (Wildman–Crippen MR) is 59.3 cm³/mol. The van der Waals surface area contributed by atoms with E-state index in [1.165, 1.54) is 10.6 Å². The Kier molecular flexibility index (Phi) is 2.36. The molecule has 0 saturated carbocycles. The molecule has 0 saturated heterocycles. The van der Waals surface area contributed by atoms with Gasteiger partial charge in [0.05, 0.1) is 11.9 Å². The molecule has 0 aromatic carbocycles. The van der Waals surface area contributed by atoms with Gasteiger partial charge in [0.15, 0.2) is 0 Å². The van der Waals surface area contributed by atoms with Crippen molar-refractivity contribution < 1.29 is 0 Å². The molecule has 0 spiro atoms. The zero-order valence-electron chi connectivity index (χ0n) is 7.94. The fourth-order valence-electron chi connectivity index (χ4n) is 1.45. The minimum absolute atomic E-state index is 0.132. The zero-order valence-corrected chi connectivity index (χ0v) is 8.83. The van der Waals surface area contributed by atoms with E-state index in [2.05, 4.69) is 35.4 Å². The number of rotatable bonds is 2. The van der Waals surface area contributed by atoms with Crippen LogP contribution < -0.4 is 0 Å². The second-order valence-electron chi connectivity index (χ2n) is 3.66. The first kappa shape index (κ1) is 8.75. The van der Waals surface area contributed by atoms with Gasteiger partial charge in [-0.05, 0) is 17.7 Å². The van der Waals surface area contributed by atoms with Crippen molar-refractivity contribution in [3.05, 3.63) is 18.5 Å². The molecule has 0 fully saturated rings. The first-order valence-electron chi connectivity index (χ1n) is 4.52. The summed E-state index contributed by atoms with van der Waals surface area (Å²) >= 11 is 0. The van der Waals surface area contributed by atoms with Gasteiger partial charge in [-0.1, -0.05) is 13.8 Å². The lowest BCUT2D eigenvalue weighted by Crippen LogP contribution is -1.96. The highest BCUT2D eigenvalue weighted by Crippen LogP contribution is 2.45. The molecule has 70 valence electrons. The Labute approximate surface area is 81.5 Å². The maximum atomic E-state index is 4.38. The van der Waals surface area contributed by atoms with Crippen molar-refractivity contribution in [2.24, 2.45) is 10.9 Å². The first-order chi connectivity index (χ1) is 6.27. The Morgan fingerprint density at radius 2 is 2.31 bits per heavy atom. The van der Waals surface area contributed by atoms with Crippen molar-refractivity contribution in [3.8, 4) is 0 Å². The second-order valence-corrected chi connectivity index (χ2v) is 5.67. The van der Waals surface area contributed by atoms with Crippen LogP contribution in [0.25, 0.3) is 0 Å². The predicted octanol–water partition coefficient (Wildman–Crippen LogP) is 2.77. The van der Waals surface area contributed by atoms with Crippen LogP contribution >= 0.6 is 10.9 Å². The van der Waals surface area contributed by atoms with Crippen molar-refractivity contribution in [3.63, 3.8) is 0 Å². The van der Waals surface area contributed by atoms with Gasteiger partial charge in [0, 0.05) is 16.6 Å². The maximum absolute atomic E-state index is 4.38. The number of aromatic nitrogens is 1. The standard InChI is InChI=1S/C10H14N2S/c1-8(2)6-13-7-12-9-5-11-4-3-10(9)13/h3-5,7-8,13H,6H2,1-2H3. The van der Waals surface area contributed by atoms with Crippen molar-refractivity contribution >= 4 is 22.1 Å². The molecule has 2 heterocycles. The molecule has 2 rings (SSSR count). The molecular weight excluding hydrogens is 180 g/mol. The lowest BCUT2D eigenvalue weighted by Gasteiger charge is -2.15. The second kappa shape index (κ2) is 3.50. The van der Waals surface area contributed by atoms with Gasteiger partial charge in [0.25, 0.3) is 0 Å². The van der Waals surface area contributed by atoms with Crippen LogP contribution in [0.2, 0.25) is 0 Å². The Balaban J connectivity index is 2.23. The van der Waals surface area contributed by atoms with E-state index < -0.39 is 0 Å². The molecule has 1 unspecified atom stereocenters. The molecule has 0 bridgehead atoms. The Hall–Kier alpha value is -0.830. The molecule has 0 N–H and O–H groups in total. The Morgan fingerprint density at radius 3 is 3.08 bits per heavy atom. The molecule has 0 radical (unpaired) electrons. The van der Waals surface area contributed by atoms with Crippen LogP contribution in [0, 0.1) is 5.92 Å². The van der Waals surface area contributed by atoms with Gasteiger partial charge >= 0.3 is 0 Å². The number of nitrogens with zero attached hydrogens (tertiary/aromatic N) is 2. The number of thiol groups is 1. The van der Waals surface area contributed by atoms with E-state index >= 15 is 0 Å². The Bertz CT molecular complexity index is 333. The van der Waals surface area contributed by atoms with Crippen molar-refractivity contribution in [1.82, 2.24) is 4.98 Å². The fraction of sp³-hybridized carbons (Fsp3) is 0.400. The van der Waals surface area contributed by atoms with Gasteiger partial charge < -0.3 is 0 Å². The summed E-state index contributed by atoms with van der Waals surface area (Å²) in [5, 5.41) is 0. The van der Waals surface area contributed by atoms with Crippen LogP contribution in [0.4, 0.5) is 5.69 Å². The summed E-state index contributed by atoms with van der Waals surface area (Å²) in [5.41, 5.74) is 3.19. The highest BCUT2D eigenvalue weighted by Gasteiger charge is 2.15. The van der Waals surface area contributed by atoms with Crippen LogP contribution in [0.3, 0.4) is 0 Å². The molecule has 1 aliphatic rings. The third kappa shape index (κ3) is 1.75. The molecule has 3 heteroatoms. The molecule has 1 aromatic rings. The highest BCUT2D eigenvalue weighted by molar-refractivity contribution is 8.28. The van der Waals surface area contributed by atoms with Gasteiger partial charge in [0.2, 0.25) is 0 Å². The number of fused-ring (bicyclic) bond motifs is 1. The molecule has 1 aromatic heterocycles. The summed E-state index contributed by atoms with van der Waals surface area (Å²) in [4.78, 5) is 9.84. The summed E-state index contributed by atoms with van der Waals surface area (Å²) in [6, 6.07) is 2.11. The molecule has 2 nitrogen and oxygen atoms in total. The van der Waals surface area contributed by atoms with E-state index in [0.29, 0.717) is 0 Å². The zero-order chi connectivity index (χ0) is 9.26. The summed E-state index contributed by atoms with van der Waals surface area (Å²) in [5.74, 6) is 1.99. The average molecular weight is 194 g/mol. The van der Waals surface area contributed by atoms with E-state index in [1.54, 1.807) is 0 Å². The van der Waals surface area contributed by atoms with E-state index in [1.807, 2.05) is 12.4 Å². The lowest BCUT2D eigenvalue weighted by atomic mass is 10.3. The smallest absolute Gasteiger partial charge is 0.0940 e. The first-order valence-corrected chi connectivity index (χ1v) is 6.12. The molecule has 1 atom stereocenters. The number of pyridine rings is 1. The quantitative estimate of drug-likeness (QED) is 0.720. The highest BCUT2D eigenvalue weighted by atomic mass is 32.2. The van der Waals surface area contributed by atoms with E-state index in [9.17, 15) is 0 Å². The van der Waals surface area contributed by atoms with Crippen molar-refractivity contribution in [1.29, 1.82) is 0 Å².